The summed E-state index contributed by atoms with van der Waals surface area (Å²) in [6.07, 6.45) is 3.60. The number of carbonyl (C=O) groups is 1. The van der Waals surface area contributed by atoms with Gasteiger partial charge in [0.05, 0.1) is 14.2 Å². The Morgan fingerprint density at radius 3 is 2.65 bits per heavy atom. The fourth-order valence-corrected chi connectivity index (χ4v) is 2.51. The Kier molecular flexibility index (Phi) is 4.37. The number of ether oxygens (including phenoxy) is 3. The van der Waals surface area contributed by atoms with Crippen LogP contribution in [0.25, 0.3) is 0 Å². The number of aromatic hydroxyl groups is 1. The second kappa shape index (κ2) is 6.03. The fraction of sp³-hybridized carbons (Fsp3) is 0.533. The largest absolute Gasteiger partial charge is 0.504 e. The Morgan fingerprint density at radius 2 is 2.05 bits per heavy atom. The number of methoxy groups -OCH3 is 2. The first-order valence-corrected chi connectivity index (χ1v) is 6.82. The van der Waals surface area contributed by atoms with Crippen LogP contribution in [0.15, 0.2) is 6.07 Å². The number of hydrogen-bond donors (Lipinski definition) is 1. The van der Waals surface area contributed by atoms with Gasteiger partial charge in [-0.05, 0) is 18.9 Å². The van der Waals surface area contributed by atoms with Crippen molar-refractivity contribution in [3.63, 3.8) is 0 Å². The van der Waals surface area contributed by atoms with Crippen molar-refractivity contribution in [2.45, 2.75) is 38.7 Å². The Bertz CT molecular complexity index is 509. The molecular formula is C15H20O5. The van der Waals surface area contributed by atoms with Crippen molar-refractivity contribution in [3.8, 4) is 17.2 Å². The van der Waals surface area contributed by atoms with Crippen molar-refractivity contribution in [2.75, 3.05) is 14.2 Å². The average Bonchev–Trinajstić information content (AvgIpc) is 2.75. The third kappa shape index (κ3) is 2.40. The monoisotopic (exact) mass is 280 g/mol. The molecule has 0 aromatic heterocycles. The van der Waals surface area contributed by atoms with Gasteiger partial charge >= 0.3 is 5.97 Å². The predicted octanol–water partition coefficient (Wildman–Crippen LogP) is 3.20. The molecule has 1 aliphatic rings. The first-order chi connectivity index (χ1) is 9.63. The van der Waals surface area contributed by atoms with Gasteiger partial charge in [-0.15, -0.1) is 0 Å². The first kappa shape index (κ1) is 14.5. The summed E-state index contributed by atoms with van der Waals surface area (Å²) in [6, 6.07) is 1.72. The molecule has 2 rings (SSSR count). The molecule has 1 aliphatic heterocycles. The molecule has 5 nitrogen and oxygen atoms in total. The molecular weight excluding hydrogens is 260 g/mol. The first-order valence-electron chi connectivity index (χ1n) is 6.82. The summed E-state index contributed by atoms with van der Waals surface area (Å²) < 4.78 is 15.6. The van der Waals surface area contributed by atoms with Crippen LogP contribution in [0.1, 0.15) is 54.6 Å². The topological polar surface area (TPSA) is 65.0 Å². The summed E-state index contributed by atoms with van der Waals surface area (Å²) in [4.78, 5) is 11.9. The number of carbonyl (C=O) groups excluding carboxylic acids is 1. The number of esters is 1. The lowest BCUT2D eigenvalue weighted by molar-refractivity contribution is 0.0362. The summed E-state index contributed by atoms with van der Waals surface area (Å²) in [5.41, 5.74) is 0.880. The molecule has 0 saturated heterocycles. The standard InChI is InChI=1S/C15H20O5/c1-4-5-6-7-10-9-8-11(18-2)14(19-3)13(16)12(9)15(17)20-10/h8,10,16H,4-7H2,1-3H3. The van der Waals surface area contributed by atoms with Crippen molar-refractivity contribution in [1.82, 2.24) is 0 Å². The Hall–Kier alpha value is -1.91. The highest BCUT2D eigenvalue weighted by Gasteiger charge is 2.36. The van der Waals surface area contributed by atoms with E-state index in [4.69, 9.17) is 14.2 Å². The van der Waals surface area contributed by atoms with Gasteiger partial charge in [0.25, 0.3) is 0 Å². The number of cyclic esters (lactones) is 1. The predicted molar refractivity (Wildman–Crippen MR) is 73.5 cm³/mol. The van der Waals surface area contributed by atoms with Crippen LogP contribution in [0.4, 0.5) is 0 Å². The maximum atomic E-state index is 11.9. The summed E-state index contributed by atoms with van der Waals surface area (Å²) in [5.74, 6) is -0.134. The number of unbranched alkanes of at least 4 members (excludes halogenated alkanes) is 2. The van der Waals surface area contributed by atoms with E-state index in [2.05, 4.69) is 6.92 Å². The lowest BCUT2D eigenvalue weighted by Gasteiger charge is -2.13. The SMILES string of the molecule is CCCCCC1OC(=O)c2c1cc(OC)c(OC)c2O. The molecule has 1 heterocycles. The second-order valence-electron chi connectivity index (χ2n) is 4.81. The van der Waals surface area contributed by atoms with E-state index < -0.39 is 5.97 Å². The molecule has 0 amide bonds. The van der Waals surface area contributed by atoms with Crippen molar-refractivity contribution >= 4 is 5.97 Å². The molecule has 5 heteroatoms. The number of hydrogen-bond acceptors (Lipinski definition) is 5. The smallest absolute Gasteiger partial charge is 0.343 e. The Morgan fingerprint density at radius 1 is 1.30 bits per heavy atom. The highest BCUT2D eigenvalue weighted by atomic mass is 16.6. The Balaban J connectivity index is 2.38. The minimum atomic E-state index is -0.500. The van der Waals surface area contributed by atoms with E-state index in [9.17, 15) is 9.90 Å². The molecule has 0 spiro atoms. The van der Waals surface area contributed by atoms with Crippen molar-refractivity contribution in [1.29, 1.82) is 0 Å². The number of phenolic OH excluding ortho intramolecular Hbond substituents is 1. The van der Waals surface area contributed by atoms with Crippen molar-refractivity contribution < 1.29 is 24.1 Å². The van der Waals surface area contributed by atoms with Gasteiger partial charge in [-0.1, -0.05) is 19.8 Å². The molecule has 110 valence electrons. The molecule has 1 unspecified atom stereocenters. The van der Waals surface area contributed by atoms with E-state index in [-0.39, 0.29) is 23.2 Å². The fourth-order valence-electron chi connectivity index (χ4n) is 2.51. The van der Waals surface area contributed by atoms with Crippen LogP contribution >= 0.6 is 0 Å². The molecule has 1 aromatic rings. The molecule has 0 fully saturated rings. The van der Waals surface area contributed by atoms with Crippen LogP contribution in [0.2, 0.25) is 0 Å². The molecule has 20 heavy (non-hydrogen) atoms. The zero-order chi connectivity index (χ0) is 14.7. The van der Waals surface area contributed by atoms with Crippen LogP contribution in [-0.2, 0) is 4.74 Å². The van der Waals surface area contributed by atoms with Crippen LogP contribution in [0.3, 0.4) is 0 Å². The molecule has 1 aromatic carbocycles. The normalized spacial score (nSPS) is 16.8. The zero-order valence-corrected chi connectivity index (χ0v) is 12.1. The van der Waals surface area contributed by atoms with E-state index in [1.54, 1.807) is 6.07 Å². The number of rotatable bonds is 6. The quantitative estimate of drug-likeness (QED) is 0.640. The van der Waals surface area contributed by atoms with Gasteiger partial charge in [-0.2, -0.15) is 0 Å². The van der Waals surface area contributed by atoms with E-state index in [0.29, 0.717) is 11.3 Å². The van der Waals surface area contributed by atoms with Crippen LogP contribution in [-0.4, -0.2) is 25.3 Å². The number of benzene rings is 1. The van der Waals surface area contributed by atoms with Crippen molar-refractivity contribution in [2.24, 2.45) is 0 Å². The van der Waals surface area contributed by atoms with Gasteiger partial charge in [0.15, 0.2) is 11.5 Å². The summed E-state index contributed by atoms with van der Waals surface area (Å²) in [7, 11) is 2.91. The molecule has 0 bridgehead atoms. The zero-order valence-electron chi connectivity index (χ0n) is 12.1. The van der Waals surface area contributed by atoms with E-state index in [1.165, 1.54) is 14.2 Å². The third-order valence-corrected chi connectivity index (χ3v) is 3.55. The molecule has 0 aliphatic carbocycles. The van der Waals surface area contributed by atoms with E-state index >= 15 is 0 Å². The summed E-state index contributed by atoms with van der Waals surface area (Å²) in [5, 5.41) is 10.2. The van der Waals surface area contributed by atoms with Crippen molar-refractivity contribution in [3.05, 3.63) is 17.2 Å². The van der Waals surface area contributed by atoms with E-state index in [1.807, 2.05) is 0 Å². The Labute approximate surface area is 118 Å². The summed E-state index contributed by atoms with van der Waals surface area (Å²) >= 11 is 0. The highest BCUT2D eigenvalue weighted by Crippen LogP contribution is 2.47. The number of fused-ring (bicyclic) bond motifs is 1. The van der Waals surface area contributed by atoms with E-state index in [0.717, 1.165) is 25.7 Å². The highest BCUT2D eigenvalue weighted by molar-refractivity contribution is 5.98. The maximum absolute atomic E-state index is 11.9. The van der Waals surface area contributed by atoms with Gasteiger partial charge < -0.3 is 19.3 Å². The molecule has 0 saturated carbocycles. The lowest BCUT2D eigenvalue weighted by atomic mass is 9.99. The molecule has 1 N–H and O–H groups in total. The second-order valence-corrected chi connectivity index (χ2v) is 4.81. The minimum absolute atomic E-state index is 0.164. The lowest BCUT2D eigenvalue weighted by Crippen LogP contribution is -1.98. The molecule has 0 radical (unpaired) electrons. The average molecular weight is 280 g/mol. The van der Waals surface area contributed by atoms with Gasteiger partial charge in [-0.3, -0.25) is 0 Å². The number of phenols is 1. The maximum Gasteiger partial charge on any atom is 0.343 e. The third-order valence-electron chi connectivity index (χ3n) is 3.55. The van der Waals surface area contributed by atoms with Crippen LogP contribution in [0, 0.1) is 0 Å². The van der Waals surface area contributed by atoms with Gasteiger partial charge in [0.1, 0.15) is 11.7 Å². The van der Waals surface area contributed by atoms with Gasteiger partial charge in [0, 0.05) is 5.56 Å². The van der Waals surface area contributed by atoms with Gasteiger partial charge in [0.2, 0.25) is 5.75 Å². The minimum Gasteiger partial charge on any atom is -0.504 e. The van der Waals surface area contributed by atoms with Crippen LogP contribution < -0.4 is 9.47 Å². The van der Waals surface area contributed by atoms with Gasteiger partial charge in [-0.25, -0.2) is 4.79 Å². The molecule has 1 atom stereocenters. The van der Waals surface area contributed by atoms with Crippen LogP contribution in [0.5, 0.6) is 17.2 Å². The summed E-state index contributed by atoms with van der Waals surface area (Å²) in [6.45, 7) is 2.12.